The molecule has 0 aliphatic rings. The van der Waals surface area contributed by atoms with Gasteiger partial charge in [-0.2, -0.15) is 13.2 Å². The zero-order chi connectivity index (χ0) is 12.5. The molecular formula is C10H4Cl3F3. The summed E-state index contributed by atoms with van der Waals surface area (Å²) in [5, 5.41) is -0.0972. The molecule has 6 heteroatoms. The predicted octanol–water partition coefficient (Wildman–Crippen LogP) is 5.38. The highest BCUT2D eigenvalue weighted by atomic mass is 35.5. The Morgan fingerprint density at radius 1 is 1.12 bits per heavy atom. The van der Waals surface area contributed by atoms with Crippen molar-refractivity contribution in [1.29, 1.82) is 0 Å². The number of hydrogen-bond donors (Lipinski definition) is 0. The molecule has 0 saturated carbocycles. The lowest BCUT2D eigenvalue weighted by Gasteiger charge is -2.11. The van der Waals surface area contributed by atoms with E-state index < -0.39 is 11.7 Å². The number of benzene rings is 1. The van der Waals surface area contributed by atoms with Crippen LogP contribution >= 0.6 is 34.8 Å². The zero-order valence-electron chi connectivity index (χ0n) is 7.63. The van der Waals surface area contributed by atoms with Crippen molar-refractivity contribution >= 4 is 40.4 Å². The van der Waals surface area contributed by atoms with Crippen LogP contribution in [0.2, 0.25) is 15.1 Å². The molecule has 0 unspecified atom stereocenters. The SMILES string of the molecule is C=C=C(c1cc(Cl)c(Cl)c(Cl)c1)C(F)(F)F. The molecule has 0 aliphatic carbocycles. The van der Waals surface area contributed by atoms with Crippen molar-refractivity contribution in [2.24, 2.45) is 0 Å². The molecule has 0 fully saturated rings. The average molecular weight is 287 g/mol. The summed E-state index contributed by atoms with van der Waals surface area (Å²) in [6, 6.07) is 2.13. The fourth-order valence-corrected chi connectivity index (χ4v) is 1.66. The van der Waals surface area contributed by atoms with E-state index in [-0.39, 0.29) is 20.6 Å². The van der Waals surface area contributed by atoms with Gasteiger partial charge in [0.15, 0.2) is 0 Å². The molecule has 0 nitrogen and oxygen atoms in total. The second-order valence-corrected chi connectivity index (χ2v) is 4.00. The fourth-order valence-electron chi connectivity index (χ4n) is 1.07. The fraction of sp³-hybridized carbons (Fsp3) is 0.100. The van der Waals surface area contributed by atoms with Gasteiger partial charge >= 0.3 is 6.18 Å². The molecule has 0 radical (unpaired) electrons. The van der Waals surface area contributed by atoms with Crippen LogP contribution < -0.4 is 0 Å². The molecule has 0 aromatic heterocycles. The van der Waals surface area contributed by atoms with Gasteiger partial charge in [0.05, 0.1) is 15.1 Å². The third-order valence-electron chi connectivity index (χ3n) is 1.73. The van der Waals surface area contributed by atoms with Crippen LogP contribution in [0.25, 0.3) is 5.57 Å². The van der Waals surface area contributed by atoms with Crippen LogP contribution in [0, 0.1) is 0 Å². The second-order valence-electron chi connectivity index (χ2n) is 2.80. The first-order valence-electron chi connectivity index (χ1n) is 3.89. The van der Waals surface area contributed by atoms with E-state index in [0.717, 1.165) is 12.1 Å². The van der Waals surface area contributed by atoms with E-state index in [0.29, 0.717) is 0 Å². The molecule has 0 aliphatic heterocycles. The molecule has 86 valence electrons. The molecule has 1 aromatic carbocycles. The molecule has 0 heterocycles. The topological polar surface area (TPSA) is 0 Å². The molecule has 0 N–H and O–H groups in total. The lowest BCUT2D eigenvalue weighted by molar-refractivity contribution is -0.0687. The Labute approximate surface area is 105 Å². The normalized spacial score (nSPS) is 11.1. The summed E-state index contributed by atoms with van der Waals surface area (Å²) >= 11 is 16.9. The summed E-state index contributed by atoms with van der Waals surface area (Å²) in [7, 11) is 0. The van der Waals surface area contributed by atoms with Gasteiger partial charge in [-0.05, 0) is 17.7 Å². The molecule has 0 amide bonds. The second kappa shape index (κ2) is 4.72. The first kappa shape index (κ1) is 13.5. The van der Waals surface area contributed by atoms with Crippen LogP contribution in [0.5, 0.6) is 0 Å². The highest BCUT2D eigenvalue weighted by molar-refractivity contribution is 6.48. The van der Waals surface area contributed by atoms with E-state index in [1.54, 1.807) is 0 Å². The first-order chi connectivity index (χ1) is 7.27. The van der Waals surface area contributed by atoms with Crippen molar-refractivity contribution in [3.05, 3.63) is 45.1 Å². The number of rotatable bonds is 1. The third-order valence-corrected chi connectivity index (χ3v) is 2.93. The smallest absolute Gasteiger partial charge is 0.165 e. The van der Waals surface area contributed by atoms with Crippen molar-refractivity contribution in [2.75, 3.05) is 0 Å². The maximum Gasteiger partial charge on any atom is 0.424 e. The largest absolute Gasteiger partial charge is 0.424 e. The molecular weight excluding hydrogens is 283 g/mol. The number of allylic oxidation sites excluding steroid dienone is 1. The molecule has 1 rings (SSSR count). The summed E-state index contributed by atoms with van der Waals surface area (Å²) in [5.41, 5.74) is 0.559. The quantitative estimate of drug-likeness (QED) is 0.480. The Balaban J connectivity index is 3.41. The van der Waals surface area contributed by atoms with Crippen molar-refractivity contribution in [3.8, 4) is 0 Å². The lowest BCUT2D eigenvalue weighted by atomic mass is 10.1. The van der Waals surface area contributed by atoms with Crippen LogP contribution in [0.15, 0.2) is 24.4 Å². The standard InChI is InChI=1S/C10H4Cl3F3/c1-2-6(10(14,15)16)5-3-7(11)9(13)8(12)4-5/h3-4H,1H2. The van der Waals surface area contributed by atoms with Gasteiger partial charge < -0.3 is 0 Å². The van der Waals surface area contributed by atoms with Gasteiger partial charge in [-0.3, -0.25) is 0 Å². The number of alkyl halides is 3. The number of hydrogen-bond acceptors (Lipinski definition) is 0. The molecule has 0 saturated heterocycles. The maximum absolute atomic E-state index is 12.5. The van der Waals surface area contributed by atoms with Crippen LogP contribution in [0.4, 0.5) is 13.2 Å². The summed E-state index contributed by atoms with van der Waals surface area (Å²) in [6.07, 6.45) is -4.57. The van der Waals surface area contributed by atoms with Crippen LogP contribution in [-0.2, 0) is 0 Å². The van der Waals surface area contributed by atoms with Gasteiger partial charge in [0.1, 0.15) is 5.57 Å². The predicted molar refractivity (Wildman–Crippen MR) is 60.1 cm³/mol. The van der Waals surface area contributed by atoms with E-state index in [1.165, 1.54) is 0 Å². The maximum atomic E-state index is 12.5. The average Bonchev–Trinajstić information content (AvgIpc) is 2.12. The van der Waals surface area contributed by atoms with E-state index in [2.05, 4.69) is 6.58 Å². The third kappa shape index (κ3) is 2.74. The van der Waals surface area contributed by atoms with Gasteiger partial charge in [0, 0.05) is 0 Å². The highest BCUT2D eigenvalue weighted by Gasteiger charge is 2.35. The van der Waals surface area contributed by atoms with Gasteiger partial charge in [0.2, 0.25) is 0 Å². The van der Waals surface area contributed by atoms with Gasteiger partial charge in [-0.15, -0.1) is 5.73 Å². The van der Waals surface area contributed by atoms with Crippen LogP contribution in [-0.4, -0.2) is 6.18 Å². The summed E-state index contributed by atoms with van der Waals surface area (Å²) in [5.74, 6) is 0. The Morgan fingerprint density at radius 3 is 1.88 bits per heavy atom. The van der Waals surface area contributed by atoms with E-state index in [9.17, 15) is 13.2 Å². The van der Waals surface area contributed by atoms with Crippen LogP contribution in [0.3, 0.4) is 0 Å². The Kier molecular flexibility index (Phi) is 3.97. The van der Waals surface area contributed by atoms with E-state index >= 15 is 0 Å². The molecule has 1 aromatic rings. The summed E-state index contributed by atoms with van der Waals surface area (Å²) < 4.78 is 37.5. The molecule has 0 bridgehead atoms. The molecule has 0 atom stereocenters. The minimum Gasteiger partial charge on any atom is -0.165 e. The Morgan fingerprint density at radius 2 is 1.56 bits per heavy atom. The summed E-state index contributed by atoms with van der Waals surface area (Å²) in [6.45, 7) is 2.98. The first-order valence-corrected chi connectivity index (χ1v) is 5.03. The monoisotopic (exact) mass is 286 g/mol. The Hall–Kier alpha value is -0.600. The van der Waals surface area contributed by atoms with Crippen molar-refractivity contribution in [1.82, 2.24) is 0 Å². The van der Waals surface area contributed by atoms with E-state index in [4.69, 9.17) is 34.8 Å². The van der Waals surface area contributed by atoms with Gasteiger partial charge in [-0.25, -0.2) is 0 Å². The van der Waals surface area contributed by atoms with Gasteiger partial charge in [-0.1, -0.05) is 41.4 Å². The van der Waals surface area contributed by atoms with Crippen molar-refractivity contribution in [3.63, 3.8) is 0 Å². The summed E-state index contributed by atoms with van der Waals surface area (Å²) in [4.78, 5) is 0. The molecule has 0 spiro atoms. The van der Waals surface area contributed by atoms with Gasteiger partial charge in [0.25, 0.3) is 0 Å². The lowest BCUT2D eigenvalue weighted by Crippen LogP contribution is -2.09. The van der Waals surface area contributed by atoms with Crippen molar-refractivity contribution < 1.29 is 13.2 Å². The number of halogens is 6. The van der Waals surface area contributed by atoms with E-state index in [1.807, 2.05) is 5.73 Å². The Bertz CT molecular complexity index is 448. The molecule has 16 heavy (non-hydrogen) atoms. The highest BCUT2D eigenvalue weighted by Crippen LogP contribution is 2.38. The minimum atomic E-state index is -4.57. The van der Waals surface area contributed by atoms with Crippen molar-refractivity contribution in [2.45, 2.75) is 6.18 Å². The van der Waals surface area contributed by atoms with Crippen LogP contribution in [0.1, 0.15) is 5.56 Å². The minimum absolute atomic E-state index is 0.0117. The zero-order valence-corrected chi connectivity index (χ0v) is 9.90.